The summed E-state index contributed by atoms with van der Waals surface area (Å²) in [5.74, 6) is -0.859. The molecule has 2 atom stereocenters. The van der Waals surface area contributed by atoms with Crippen LogP contribution in [-0.4, -0.2) is 36.2 Å². The second-order valence-electron chi connectivity index (χ2n) is 6.39. The summed E-state index contributed by atoms with van der Waals surface area (Å²) in [6.45, 7) is 0. The molecule has 3 heterocycles. The van der Waals surface area contributed by atoms with Crippen LogP contribution < -0.4 is 5.32 Å². The molecule has 1 unspecified atom stereocenters. The van der Waals surface area contributed by atoms with Crippen LogP contribution in [0.5, 0.6) is 0 Å². The second-order valence-corrected chi connectivity index (χ2v) is 6.83. The highest BCUT2D eigenvalue weighted by atomic mass is 35.5. The number of esters is 1. The zero-order valence-corrected chi connectivity index (χ0v) is 15.3. The van der Waals surface area contributed by atoms with Gasteiger partial charge in [0.1, 0.15) is 0 Å². The Hall–Kier alpha value is -2.70. The monoisotopic (exact) mass is 384 g/mol. The summed E-state index contributed by atoms with van der Waals surface area (Å²) in [7, 11) is 1.28. The molecule has 0 radical (unpaired) electrons. The van der Waals surface area contributed by atoms with Gasteiger partial charge >= 0.3 is 5.97 Å². The molecule has 2 bridgehead atoms. The average molecular weight is 385 g/mol. The minimum absolute atomic E-state index is 0.0940. The number of carbonyl (C=O) groups is 2. The van der Waals surface area contributed by atoms with Crippen molar-refractivity contribution in [3.63, 3.8) is 0 Å². The molecule has 0 spiro atoms. The minimum Gasteiger partial charge on any atom is -0.465 e. The van der Waals surface area contributed by atoms with E-state index < -0.39 is 5.97 Å². The molecule has 2 aromatic rings. The van der Waals surface area contributed by atoms with E-state index in [0.29, 0.717) is 16.3 Å². The van der Waals surface area contributed by atoms with Crippen molar-refractivity contribution in [2.45, 2.75) is 25.0 Å². The van der Waals surface area contributed by atoms with Crippen molar-refractivity contribution in [3.05, 3.63) is 64.4 Å². The first-order valence-electron chi connectivity index (χ1n) is 8.57. The van der Waals surface area contributed by atoms with E-state index in [2.05, 4.69) is 10.3 Å². The number of methoxy groups -OCH3 is 1. The number of nitrogens with one attached hydrogen (secondary N) is 1. The van der Waals surface area contributed by atoms with E-state index in [1.165, 1.54) is 13.2 Å². The Balaban J connectivity index is 1.71. The molecule has 7 heteroatoms. The number of benzene rings is 1. The zero-order valence-electron chi connectivity index (χ0n) is 14.6. The molecular formula is C20H17ClN2O4. The molecule has 1 saturated heterocycles. The molecule has 1 amide bonds. The van der Waals surface area contributed by atoms with Crippen molar-refractivity contribution in [2.24, 2.45) is 0 Å². The lowest BCUT2D eigenvalue weighted by atomic mass is 9.87. The predicted octanol–water partition coefficient (Wildman–Crippen LogP) is 3.48. The highest BCUT2D eigenvalue weighted by Gasteiger charge is 2.43. The fourth-order valence-corrected chi connectivity index (χ4v) is 3.82. The number of rotatable bonds is 4. The molecule has 1 aromatic carbocycles. The topological polar surface area (TPSA) is 77.5 Å². The van der Waals surface area contributed by atoms with E-state index in [0.717, 1.165) is 24.0 Å². The summed E-state index contributed by atoms with van der Waals surface area (Å²) in [4.78, 5) is 29.2. The van der Waals surface area contributed by atoms with Crippen LogP contribution in [0.4, 0.5) is 5.69 Å². The third-order valence-electron chi connectivity index (χ3n) is 4.82. The number of hydrogen-bond acceptors (Lipinski definition) is 5. The summed E-state index contributed by atoms with van der Waals surface area (Å²) in [6, 6.07) is 8.41. The lowest BCUT2D eigenvalue weighted by Gasteiger charge is -2.17. The van der Waals surface area contributed by atoms with Crippen molar-refractivity contribution in [2.75, 3.05) is 12.4 Å². The van der Waals surface area contributed by atoms with Crippen LogP contribution in [-0.2, 0) is 14.3 Å². The van der Waals surface area contributed by atoms with Crippen LogP contribution in [0.25, 0.3) is 5.57 Å². The van der Waals surface area contributed by atoms with Crippen molar-refractivity contribution in [1.82, 2.24) is 4.98 Å². The van der Waals surface area contributed by atoms with Crippen molar-refractivity contribution in [3.8, 4) is 0 Å². The van der Waals surface area contributed by atoms with Crippen LogP contribution in [0.1, 0.15) is 28.8 Å². The van der Waals surface area contributed by atoms with Gasteiger partial charge in [0, 0.05) is 17.4 Å². The molecule has 6 nitrogen and oxygen atoms in total. The number of anilines is 1. The normalized spacial score (nSPS) is 20.7. The molecule has 0 aliphatic carbocycles. The predicted molar refractivity (Wildman–Crippen MR) is 100 cm³/mol. The summed E-state index contributed by atoms with van der Waals surface area (Å²) in [6.07, 6.45) is 4.73. The van der Waals surface area contributed by atoms with Gasteiger partial charge in [0.2, 0.25) is 0 Å². The number of halogens is 1. The molecule has 1 fully saturated rings. The van der Waals surface area contributed by atoms with Gasteiger partial charge in [-0.1, -0.05) is 11.6 Å². The van der Waals surface area contributed by atoms with Crippen LogP contribution in [0.2, 0.25) is 5.02 Å². The Kier molecular flexibility index (Phi) is 4.68. The number of carbonyl (C=O) groups excluding carboxylic acids is 2. The van der Waals surface area contributed by atoms with Gasteiger partial charge in [-0.2, -0.15) is 0 Å². The average Bonchev–Trinajstić information content (AvgIpc) is 3.31. The van der Waals surface area contributed by atoms with E-state index in [9.17, 15) is 9.59 Å². The van der Waals surface area contributed by atoms with E-state index in [1.807, 2.05) is 12.1 Å². The lowest BCUT2D eigenvalue weighted by molar-refractivity contribution is -0.113. The van der Waals surface area contributed by atoms with Crippen molar-refractivity contribution >= 4 is 34.7 Å². The number of ether oxygens (including phenoxy) is 2. The molecule has 4 rings (SSSR count). The van der Waals surface area contributed by atoms with Crippen molar-refractivity contribution < 1.29 is 19.1 Å². The minimum atomic E-state index is -0.569. The smallest absolute Gasteiger partial charge is 0.340 e. The van der Waals surface area contributed by atoms with Crippen LogP contribution >= 0.6 is 11.6 Å². The Morgan fingerprint density at radius 1 is 1.19 bits per heavy atom. The Bertz CT molecular complexity index is 942. The lowest BCUT2D eigenvalue weighted by Crippen LogP contribution is -2.24. The maximum atomic E-state index is 13.1. The molecular weight excluding hydrogens is 368 g/mol. The standard InChI is InChI=1S/C20H17ClN2O4/c1-26-20(25)13-10-12(21)2-3-14(13)23-19(24)18-16-5-4-15(27-16)17(18)11-6-8-22-9-7-11/h2-3,6-10,15-16H,4-5H2,1H3,(H,23,24)/t15-,16?/m0/s1. The number of amides is 1. The Morgan fingerprint density at radius 3 is 2.67 bits per heavy atom. The molecule has 138 valence electrons. The fraction of sp³-hybridized carbons (Fsp3) is 0.250. The molecule has 0 saturated carbocycles. The summed E-state index contributed by atoms with van der Waals surface area (Å²) < 4.78 is 10.7. The van der Waals surface area contributed by atoms with E-state index in [1.54, 1.807) is 24.5 Å². The van der Waals surface area contributed by atoms with E-state index in [-0.39, 0.29) is 23.7 Å². The number of hydrogen-bond donors (Lipinski definition) is 1. The number of nitrogens with zero attached hydrogens (tertiary/aromatic N) is 1. The van der Waals surface area contributed by atoms with Crippen molar-refractivity contribution in [1.29, 1.82) is 0 Å². The summed E-state index contributed by atoms with van der Waals surface area (Å²) >= 11 is 5.98. The number of pyridine rings is 1. The first-order chi connectivity index (χ1) is 13.1. The molecule has 1 aromatic heterocycles. The van der Waals surface area contributed by atoms with Gasteiger partial charge in [-0.05, 0) is 54.3 Å². The SMILES string of the molecule is COC(=O)c1cc(Cl)ccc1NC(=O)C1=C(c2ccncc2)[C@@H]2CCC1O2. The molecule has 1 N–H and O–H groups in total. The second kappa shape index (κ2) is 7.13. The summed E-state index contributed by atoms with van der Waals surface area (Å²) in [5.41, 5.74) is 2.96. The van der Waals surface area contributed by atoms with Gasteiger partial charge in [0.15, 0.2) is 0 Å². The Morgan fingerprint density at radius 2 is 1.93 bits per heavy atom. The number of aromatic nitrogens is 1. The third-order valence-corrected chi connectivity index (χ3v) is 5.06. The van der Waals surface area contributed by atoms with Gasteiger partial charge in [-0.25, -0.2) is 4.79 Å². The third kappa shape index (κ3) is 3.22. The van der Waals surface area contributed by atoms with Gasteiger partial charge in [0.25, 0.3) is 5.91 Å². The van der Waals surface area contributed by atoms with E-state index >= 15 is 0 Å². The first kappa shape index (κ1) is 17.7. The van der Waals surface area contributed by atoms with E-state index in [4.69, 9.17) is 21.1 Å². The fourth-order valence-electron chi connectivity index (χ4n) is 3.64. The maximum Gasteiger partial charge on any atom is 0.340 e. The largest absolute Gasteiger partial charge is 0.465 e. The molecule has 2 aliphatic heterocycles. The van der Waals surface area contributed by atoms with Gasteiger partial charge in [-0.15, -0.1) is 0 Å². The van der Waals surface area contributed by atoms with Crippen LogP contribution in [0, 0.1) is 0 Å². The first-order valence-corrected chi connectivity index (χ1v) is 8.95. The zero-order chi connectivity index (χ0) is 19.0. The molecule has 2 aliphatic rings. The van der Waals surface area contributed by atoms with Gasteiger partial charge in [-0.3, -0.25) is 9.78 Å². The van der Waals surface area contributed by atoms with Crippen LogP contribution in [0.15, 0.2) is 48.3 Å². The Labute approximate surface area is 161 Å². The van der Waals surface area contributed by atoms with Crippen LogP contribution in [0.3, 0.4) is 0 Å². The highest BCUT2D eigenvalue weighted by molar-refractivity contribution is 6.31. The summed E-state index contributed by atoms with van der Waals surface area (Å²) in [5, 5.41) is 3.21. The quantitative estimate of drug-likeness (QED) is 0.816. The molecule has 27 heavy (non-hydrogen) atoms. The van der Waals surface area contributed by atoms with Gasteiger partial charge < -0.3 is 14.8 Å². The maximum absolute atomic E-state index is 13.1. The van der Waals surface area contributed by atoms with Gasteiger partial charge in [0.05, 0.1) is 36.1 Å². The highest BCUT2D eigenvalue weighted by Crippen LogP contribution is 2.44. The number of fused-ring (bicyclic) bond motifs is 2.